The molecule has 2 aliphatic heterocycles. The summed E-state index contributed by atoms with van der Waals surface area (Å²) in [4.78, 5) is 36.5. The van der Waals surface area contributed by atoms with Crippen molar-refractivity contribution < 1.29 is 19.1 Å². The number of aromatic nitrogens is 1. The maximum absolute atomic E-state index is 12.7. The number of hydrogen-bond acceptors (Lipinski definition) is 8. The summed E-state index contributed by atoms with van der Waals surface area (Å²) in [6, 6.07) is 8.53. The quantitative estimate of drug-likeness (QED) is 0.560. The van der Waals surface area contributed by atoms with Crippen LogP contribution in [0.2, 0.25) is 0 Å². The zero-order valence-electron chi connectivity index (χ0n) is 20.2. The summed E-state index contributed by atoms with van der Waals surface area (Å²) in [6.45, 7) is 5.36. The minimum Gasteiger partial charge on any atom is -0.491 e. The third-order valence-electron chi connectivity index (χ3n) is 5.71. The van der Waals surface area contributed by atoms with Crippen molar-refractivity contribution in [3.8, 4) is 11.6 Å². The van der Waals surface area contributed by atoms with E-state index in [1.54, 1.807) is 56.4 Å². The highest BCUT2D eigenvalue weighted by Crippen LogP contribution is 2.36. The number of carbonyl (C=O) groups is 2. The summed E-state index contributed by atoms with van der Waals surface area (Å²) in [5.41, 5.74) is 1.80. The molecule has 0 saturated carbocycles. The van der Waals surface area contributed by atoms with E-state index in [0.717, 1.165) is 25.2 Å². The first-order valence-electron chi connectivity index (χ1n) is 11.4. The molecule has 2 aliphatic rings. The number of thioether (sulfide) groups is 1. The first-order valence-corrected chi connectivity index (χ1v) is 12.3. The molecule has 1 saturated heterocycles. The van der Waals surface area contributed by atoms with Crippen LogP contribution in [0.3, 0.4) is 0 Å². The van der Waals surface area contributed by atoms with Crippen LogP contribution in [0, 0.1) is 0 Å². The van der Waals surface area contributed by atoms with Gasteiger partial charge in [0.2, 0.25) is 0 Å². The number of ether oxygens (including phenoxy) is 2. The Hall–Kier alpha value is -3.47. The highest BCUT2D eigenvalue weighted by Gasteiger charge is 2.36. The predicted octanol–water partition coefficient (Wildman–Crippen LogP) is 3.11. The monoisotopic (exact) mass is 498 g/mol. The van der Waals surface area contributed by atoms with Crippen molar-refractivity contribution in [2.75, 3.05) is 37.5 Å². The number of piperidine rings is 1. The fourth-order valence-corrected chi connectivity index (χ4v) is 5.31. The Morgan fingerprint density at radius 3 is 2.71 bits per heavy atom. The molecule has 3 amide bonds. The van der Waals surface area contributed by atoms with E-state index in [1.165, 1.54) is 0 Å². The van der Waals surface area contributed by atoms with E-state index in [1.807, 2.05) is 19.9 Å². The van der Waals surface area contributed by atoms with Gasteiger partial charge in [0.1, 0.15) is 0 Å². The second kappa shape index (κ2) is 10.9. The number of pyridine rings is 1. The Balaban J connectivity index is 1.36. The van der Waals surface area contributed by atoms with Gasteiger partial charge in [-0.1, -0.05) is 23.9 Å². The highest BCUT2D eigenvalue weighted by atomic mass is 32.2. The second-order valence-electron chi connectivity index (χ2n) is 8.55. The van der Waals surface area contributed by atoms with E-state index < -0.39 is 6.03 Å². The fourth-order valence-electron chi connectivity index (χ4n) is 4.06. The first-order chi connectivity index (χ1) is 16.9. The van der Waals surface area contributed by atoms with Gasteiger partial charge >= 0.3 is 6.03 Å². The number of nitrogens with one attached hydrogen (secondary N) is 3. The van der Waals surface area contributed by atoms with Gasteiger partial charge in [-0.3, -0.25) is 15.1 Å². The summed E-state index contributed by atoms with van der Waals surface area (Å²) < 4.78 is 10.6. The molecule has 0 radical (unpaired) electrons. The summed E-state index contributed by atoms with van der Waals surface area (Å²) in [6.07, 6.45) is 2.64. The van der Waals surface area contributed by atoms with Gasteiger partial charge in [-0.05, 0) is 32.4 Å². The Bertz CT molecular complexity index is 1120. The van der Waals surface area contributed by atoms with Crippen LogP contribution in [-0.2, 0) is 0 Å². The minimum absolute atomic E-state index is 0.00804. The van der Waals surface area contributed by atoms with Crippen molar-refractivity contribution in [1.82, 2.24) is 15.6 Å². The molecule has 1 aromatic carbocycles. The third-order valence-corrected chi connectivity index (χ3v) is 6.91. The van der Waals surface area contributed by atoms with Crippen LogP contribution in [0.4, 0.5) is 16.2 Å². The molecule has 2 atom stereocenters. The van der Waals surface area contributed by atoms with Crippen LogP contribution < -0.4 is 30.3 Å². The summed E-state index contributed by atoms with van der Waals surface area (Å²) in [7, 11) is 3.15. The molecular weight excluding hydrogens is 468 g/mol. The van der Waals surface area contributed by atoms with E-state index in [0.29, 0.717) is 28.0 Å². The number of fused-ring (bicyclic) bond motifs is 1. The molecule has 0 aliphatic carbocycles. The Kier molecular flexibility index (Phi) is 7.64. The molecule has 0 bridgehead atoms. The molecule has 11 heteroatoms. The number of rotatable bonds is 6. The number of aliphatic imine (C=N–C) groups is 1. The topological polar surface area (TPSA) is 117 Å². The second-order valence-corrected chi connectivity index (χ2v) is 9.78. The van der Waals surface area contributed by atoms with Crippen molar-refractivity contribution >= 4 is 40.2 Å². The number of para-hydroxylation sites is 1. The van der Waals surface area contributed by atoms with Crippen molar-refractivity contribution in [3.63, 3.8) is 0 Å². The van der Waals surface area contributed by atoms with Crippen LogP contribution in [-0.4, -0.2) is 66.7 Å². The lowest BCUT2D eigenvalue weighted by molar-refractivity contribution is 0.0944. The predicted molar refractivity (Wildman–Crippen MR) is 138 cm³/mol. The smallest absolute Gasteiger partial charge is 0.325 e. The largest absolute Gasteiger partial charge is 0.491 e. The molecule has 0 spiro atoms. The molecule has 35 heavy (non-hydrogen) atoms. The third kappa shape index (κ3) is 5.79. The molecule has 2 unspecified atom stereocenters. The lowest BCUT2D eigenvalue weighted by Crippen LogP contribution is -2.43. The van der Waals surface area contributed by atoms with Crippen LogP contribution in [0.1, 0.15) is 30.6 Å². The highest BCUT2D eigenvalue weighted by molar-refractivity contribution is 8.14. The molecule has 1 aromatic heterocycles. The Labute approximate surface area is 208 Å². The van der Waals surface area contributed by atoms with Crippen LogP contribution in [0.5, 0.6) is 11.6 Å². The molecular formula is C24H30N6O4S. The number of anilines is 2. The minimum atomic E-state index is -0.430. The van der Waals surface area contributed by atoms with Gasteiger partial charge in [-0.2, -0.15) is 0 Å². The maximum atomic E-state index is 12.7. The van der Waals surface area contributed by atoms with E-state index >= 15 is 0 Å². The summed E-state index contributed by atoms with van der Waals surface area (Å²) in [5, 5.41) is 9.25. The lowest BCUT2D eigenvalue weighted by atomic mass is 10.0. The van der Waals surface area contributed by atoms with E-state index in [4.69, 9.17) is 14.5 Å². The molecule has 2 aromatic rings. The van der Waals surface area contributed by atoms with Crippen molar-refractivity contribution in [1.29, 1.82) is 0 Å². The van der Waals surface area contributed by atoms with Gasteiger partial charge in [0.25, 0.3) is 11.8 Å². The molecule has 1 fully saturated rings. The van der Waals surface area contributed by atoms with Gasteiger partial charge in [0.05, 0.1) is 48.6 Å². The fraction of sp³-hybridized carbons (Fsp3) is 0.417. The number of urea groups is 1. The molecule has 3 heterocycles. The van der Waals surface area contributed by atoms with Crippen molar-refractivity contribution in [2.45, 2.75) is 37.6 Å². The SMILES string of the molecule is COc1cc(N2CCC3N=C(NC(=O)Nc4ccccc4C(=O)NC(C)C)SC3C2)cnc1OC. The standard InChI is InChI=1S/C24H30N6O4S/c1-14(2)26-21(31)16-7-5-6-8-17(16)27-23(32)29-24-28-18-9-10-30(13-20(18)35-24)15-11-19(33-3)22(34-4)25-12-15/h5-8,11-12,14,18,20H,9-10,13H2,1-4H3,(H,26,31)(H2,27,28,29,32). The van der Waals surface area contributed by atoms with Crippen LogP contribution >= 0.6 is 11.8 Å². The first kappa shape index (κ1) is 24.6. The zero-order valence-corrected chi connectivity index (χ0v) is 21.0. The molecule has 3 N–H and O–H groups in total. The van der Waals surface area contributed by atoms with Crippen LogP contribution in [0.15, 0.2) is 41.5 Å². The maximum Gasteiger partial charge on any atom is 0.325 e. The Morgan fingerprint density at radius 1 is 1.17 bits per heavy atom. The van der Waals surface area contributed by atoms with Crippen LogP contribution in [0.25, 0.3) is 0 Å². The van der Waals surface area contributed by atoms with E-state index in [-0.39, 0.29) is 23.2 Å². The summed E-state index contributed by atoms with van der Waals surface area (Å²) in [5.74, 6) is 0.800. The lowest BCUT2D eigenvalue weighted by Gasteiger charge is -2.34. The zero-order chi connectivity index (χ0) is 24.9. The average molecular weight is 499 g/mol. The molecule has 10 nitrogen and oxygen atoms in total. The number of carbonyl (C=O) groups excluding carboxylic acids is 2. The number of nitrogens with zero attached hydrogens (tertiary/aromatic N) is 3. The van der Waals surface area contributed by atoms with Gasteiger partial charge in [0, 0.05) is 25.2 Å². The van der Waals surface area contributed by atoms with Gasteiger partial charge < -0.3 is 25.0 Å². The van der Waals surface area contributed by atoms with E-state index in [2.05, 4.69) is 25.8 Å². The molecule has 4 rings (SSSR count). The van der Waals surface area contributed by atoms with Gasteiger partial charge in [0.15, 0.2) is 10.9 Å². The number of amidine groups is 1. The van der Waals surface area contributed by atoms with Gasteiger partial charge in [-0.15, -0.1) is 0 Å². The number of methoxy groups -OCH3 is 2. The average Bonchev–Trinajstić information content (AvgIpc) is 3.24. The van der Waals surface area contributed by atoms with Crippen molar-refractivity contribution in [3.05, 3.63) is 42.1 Å². The normalized spacial score (nSPS) is 19.0. The van der Waals surface area contributed by atoms with Crippen molar-refractivity contribution in [2.24, 2.45) is 4.99 Å². The molecule has 186 valence electrons. The number of hydrogen-bond donors (Lipinski definition) is 3. The van der Waals surface area contributed by atoms with Gasteiger partial charge in [-0.25, -0.2) is 9.78 Å². The number of amides is 3. The van der Waals surface area contributed by atoms with E-state index in [9.17, 15) is 9.59 Å². The number of benzene rings is 1. The Morgan fingerprint density at radius 2 is 1.97 bits per heavy atom. The summed E-state index contributed by atoms with van der Waals surface area (Å²) >= 11 is 1.55.